The van der Waals surface area contributed by atoms with Crippen LogP contribution in [0.1, 0.15) is 40.0 Å². The van der Waals surface area contributed by atoms with Crippen LogP contribution in [-0.4, -0.2) is 51.9 Å². The fraction of sp³-hybridized carbons (Fsp3) is 0.650. The first-order valence-corrected chi connectivity index (χ1v) is 9.71. The van der Waals surface area contributed by atoms with Crippen molar-refractivity contribution in [3.63, 3.8) is 0 Å². The Morgan fingerprint density at radius 2 is 1.81 bits per heavy atom. The van der Waals surface area contributed by atoms with Crippen LogP contribution < -0.4 is 15.5 Å². The maximum Gasteiger partial charge on any atom is 0.191 e. The third kappa shape index (κ3) is 11.6. The van der Waals surface area contributed by atoms with Gasteiger partial charge in [0, 0.05) is 51.6 Å². The van der Waals surface area contributed by atoms with E-state index in [4.69, 9.17) is 4.74 Å². The van der Waals surface area contributed by atoms with E-state index in [1.54, 1.807) is 0 Å². The molecule has 0 saturated heterocycles. The fourth-order valence-corrected chi connectivity index (χ4v) is 2.58. The Morgan fingerprint density at radius 3 is 2.46 bits per heavy atom. The van der Waals surface area contributed by atoms with Crippen LogP contribution in [0.25, 0.3) is 0 Å². The van der Waals surface area contributed by atoms with Crippen LogP contribution in [-0.2, 0) is 4.74 Å². The number of guanidine groups is 1. The molecule has 0 amide bonds. The summed E-state index contributed by atoms with van der Waals surface area (Å²) in [6.45, 7) is 12.7. The molecule has 6 heteroatoms. The molecule has 1 rings (SSSR count). The zero-order valence-electron chi connectivity index (χ0n) is 16.7. The molecule has 0 bridgehead atoms. The normalized spacial score (nSPS) is 11.0. The molecule has 2 N–H and O–H groups in total. The predicted molar refractivity (Wildman–Crippen MR) is 124 cm³/mol. The molecule has 0 saturated carbocycles. The number of aliphatic imine (C=N–C) groups is 1. The van der Waals surface area contributed by atoms with Crippen LogP contribution >= 0.6 is 24.0 Å². The van der Waals surface area contributed by atoms with E-state index in [1.807, 2.05) is 6.92 Å². The van der Waals surface area contributed by atoms with Gasteiger partial charge in [0.2, 0.25) is 0 Å². The highest BCUT2D eigenvalue weighted by Gasteiger charge is 2.03. The van der Waals surface area contributed by atoms with Crippen LogP contribution in [0, 0.1) is 0 Å². The molecule has 0 fully saturated rings. The number of hydrogen-bond donors (Lipinski definition) is 2. The Morgan fingerprint density at radius 1 is 1.04 bits per heavy atom. The molecule has 1 aromatic rings. The summed E-state index contributed by atoms with van der Waals surface area (Å²) in [6.07, 6.45) is 3.23. The fourth-order valence-electron chi connectivity index (χ4n) is 2.58. The van der Waals surface area contributed by atoms with E-state index >= 15 is 0 Å². The topological polar surface area (TPSA) is 48.9 Å². The minimum Gasteiger partial charge on any atom is -0.382 e. The van der Waals surface area contributed by atoms with Crippen molar-refractivity contribution >= 4 is 35.6 Å². The summed E-state index contributed by atoms with van der Waals surface area (Å²) in [4.78, 5) is 7.08. The van der Waals surface area contributed by atoms with Crippen molar-refractivity contribution < 1.29 is 4.74 Å². The predicted octanol–water partition coefficient (Wildman–Crippen LogP) is 3.89. The number of anilines is 1. The summed E-state index contributed by atoms with van der Waals surface area (Å²) >= 11 is 0. The number of hydrogen-bond acceptors (Lipinski definition) is 3. The number of para-hydroxylation sites is 1. The first-order valence-electron chi connectivity index (χ1n) is 9.71. The summed E-state index contributed by atoms with van der Waals surface area (Å²) in [7, 11) is 0. The lowest BCUT2D eigenvalue weighted by molar-refractivity contribution is 0.143. The second kappa shape index (κ2) is 17.4. The maximum absolute atomic E-state index is 5.36. The summed E-state index contributed by atoms with van der Waals surface area (Å²) in [5.74, 6) is 0.918. The summed E-state index contributed by atoms with van der Waals surface area (Å²) in [5.41, 5.74) is 1.29. The molecule has 0 aliphatic heterocycles. The second-order valence-corrected chi connectivity index (χ2v) is 5.86. The lowest BCUT2D eigenvalue weighted by Crippen LogP contribution is -2.38. The van der Waals surface area contributed by atoms with E-state index in [1.165, 1.54) is 5.69 Å². The lowest BCUT2D eigenvalue weighted by atomic mass is 10.2. The molecule has 150 valence electrons. The quantitative estimate of drug-likeness (QED) is 0.196. The highest BCUT2D eigenvalue weighted by molar-refractivity contribution is 14.0. The van der Waals surface area contributed by atoms with Crippen molar-refractivity contribution in [2.24, 2.45) is 4.99 Å². The number of halogens is 1. The van der Waals surface area contributed by atoms with Gasteiger partial charge in [-0.25, -0.2) is 0 Å². The molecule has 26 heavy (non-hydrogen) atoms. The second-order valence-electron chi connectivity index (χ2n) is 5.86. The Balaban J connectivity index is 0.00000625. The Kier molecular flexibility index (Phi) is 16.7. The largest absolute Gasteiger partial charge is 0.382 e. The lowest BCUT2D eigenvalue weighted by Gasteiger charge is -2.22. The molecule has 1 aromatic carbocycles. The SMILES string of the molecule is CCNC(=NCCCN(CC)c1ccccc1)NCCCCOCC.I. The summed E-state index contributed by atoms with van der Waals surface area (Å²) in [6, 6.07) is 10.6. The van der Waals surface area contributed by atoms with Gasteiger partial charge < -0.3 is 20.3 Å². The van der Waals surface area contributed by atoms with Crippen molar-refractivity contribution in [1.29, 1.82) is 0 Å². The van der Waals surface area contributed by atoms with Gasteiger partial charge in [-0.2, -0.15) is 0 Å². The first kappa shape index (κ1) is 25.0. The van der Waals surface area contributed by atoms with E-state index in [2.05, 4.69) is 64.7 Å². The highest BCUT2D eigenvalue weighted by atomic mass is 127. The summed E-state index contributed by atoms with van der Waals surface area (Å²) < 4.78 is 5.36. The van der Waals surface area contributed by atoms with Crippen molar-refractivity contribution in [3.8, 4) is 0 Å². The van der Waals surface area contributed by atoms with Crippen molar-refractivity contribution in [2.45, 2.75) is 40.0 Å². The van der Waals surface area contributed by atoms with Gasteiger partial charge in [0.15, 0.2) is 5.96 Å². The molecule has 0 unspecified atom stereocenters. The van der Waals surface area contributed by atoms with Gasteiger partial charge in [-0.05, 0) is 52.2 Å². The third-order valence-electron chi connectivity index (χ3n) is 3.92. The zero-order chi connectivity index (χ0) is 18.2. The van der Waals surface area contributed by atoms with Gasteiger partial charge >= 0.3 is 0 Å². The minimum atomic E-state index is 0. The van der Waals surface area contributed by atoms with Crippen LogP contribution in [0.3, 0.4) is 0 Å². The van der Waals surface area contributed by atoms with E-state index in [0.29, 0.717) is 0 Å². The van der Waals surface area contributed by atoms with Gasteiger partial charge in [-0.3, -0.25) is 4.99 Å². The van der Waals surface area contributed by atoms with Crippen molar-refractivity contribution in [1.82, 2.24) is 10.6 Å². The van der Waals surface area contributed by atoms with Crippen LogP contribution in [0.2, 0.25) is 0 Å². The average Bonchev–Trinajstić information content (AvgIpc) is 2.65. The molecule has 5 nitrogen and oxygen atoms in total. The van der Waals surface area contributed by atoms with Crippen LogP contribution in [0.15, 0.2) is 35.3 Å². The van der Waals surface area contributed by atoms with Gasteiger partial charge in [-0.15, -0.1) is 24.0 Å². The number of unbranched alkanes of at least 4 members (excludes halogenated alkanes) is 1. The standard InChI is InChI=1S/C20H36N4O.HI/c1-4-21-20(22-15-10-11-18-25-6-3)23-16-12-17-24(5-2)19-13-8-7-9-14-19;/h7-9,13-14H,4-6,10-12,15-18H2,1-3H3,(H2,21,22,23);1H. The van der Waals surface area contributed by atoms with Gasteiger partial charge in [-0.1, -0.05) is 18.2 Å². The van der Waals surface area contributed by atoms with Crippen molar-refractivity contribution in [2.75, 3.05) is 50.8 Å². The third-order valence-corrected chi connectivity index (χ3v) is 3.92. The van der Waals surface area contributed by atoms with Crippen molar-refractivity contribution in [3.05, 3.63) is 30.3 Å². The first-order chi connectivity index (χ1) is 12.3. The van der Waals surface area contributed by atoms with E-state index < -0.39 is 0 Å². The maximum atomic E-state index is 5.36. The van der Waals surface area contributed by atoms with Gasteiger partial charge in [0.05, 0.1) is 0 Å². The average molecular weight is 476 g/mol. The van der Waals surface area contributed by atoms with E-state index in [0.717, 1.165) is 71.2 Å². The van der Waals surface area contributed by atoms with Crippen LogP contribution in [0.4, 0.5) is 5.69 Å². The molecule has 0 radical (unpaired) electrons. The number of rotatable bonds is 13. The summed E-state index contributed by atoms with van der Waals surface area (Å²) in [5, 5.41) is 6.71. The Bertz CT molecular complexity index is 456. The van der Waals surface area contributed by atoms with Gasteiger partial charge in [0.1, 0.15) is 0 Å². The van der Waals surface area contributed by atoms with Gasteiger partial charge in [0.25, 0.3) is 0 Å². The van der Waals surface area contributed by atoms with E-state index in [-0.39, 0.29) is 24.0 Å². The minimum absolute atomic E-state index is 0. The highest BCUT2D eigenvalue weighted by Crippen LogP contribution is 2.12. The monoisotopic (exact) mass is 476 g/mol. The molecular formula is C20H37IN4O. The molecule has 0 aliphatic carbocycles. The number of nitrogens with one attached hydrogen (secondary N) is 2. The molecule has 0 aliphatic rings. The zero-order valence-corrected chi connectivity index (χ0v) is 19.0. The number of benzene rings is 1. The Labute approximate surface area is 177 Å². The van der Waals surface area contributed by atoms with E-state index in [9.17, 15) is 0 Å². The number of nitrogens with zero attached hydrogens (tertiary/aromatic N) is 2. The molecule has 0 spiro atoms. The molecule has 0 heterocycles. The smallest absolute Gasteiger partial charge is 0.191 e. The molecule has 0 aromatic heterocycles. The molecular weight excluding hydrogens is 439 g/mol. The molecule has 0 atom stereocenters. The Hall–Kier alpha value is -1.02. The van der Waals surface area contributed by atoms with Crippen LogP contribution in [0.5, 0.6) is 0 Å². The number of ether oxygens (including phenoxy) is 1.